The summed E-state index contributed by atoms with van der Waals surface area (Å²) in [6.45, 7) is 7.53. The van der Waals surface area contributed by atoms with Gasteiger partial charge in [0.2, 0.25) is 23.5 Å². The number of benzene rings is 2. The lowest BCUT2D eigenvalue weighted by atomic mass is 9.95. The van der Waals surface area contributed by atoms with Crippen molar-refractivity contribution in [3.63, 3.8) is 0 Å². The van der Waals surface area contributed by atoms with Crippen LogP contribution in [0.5, 0.6) is 11.5 Å². The zero-order valence-corrected chi connectivity index (χ0v) is 30.4. The molecule has 4 amide bonds. The minimum atomic E-state index is -1.07. The number of nitrogens with one attached hydrogen (secondary N) is 4. The summed E-state index contributed by atoms with van der Waals surface area (Å²) in [5, 5.41) is 11.9. The second kappa shape index (κ2) is 18.0. The molecule has 0 bridgehead atoms. The van der Waals surface area contributed by atoms with Crippen LogP contribution in [-0.2, 0) is 19.2 Å². The van der Waals surface area contributed by atoms with Crippen LogP contribution >= 0.6 is 22.9 Å². The molecule has 4 rings (SSSR count). The van der Waals surface area contributed by atoms with Gasteiger partial charge in [0.1, 0.15) is 23.6 Å². The zero-order chi connectivity index (χ0) is 36.4. The third-order valence-corrected chi connectivity index (χ3v) is 9.51. The first-order valence-corrected chi connectivity index (χ1v) is 17.7. The van der Waals surface area contributed by atoms with E-state index in [1.54, 1.807) is 63.6 Å². The first-order valence-electron chi connectivity index (χ1n) is 16.5. The lowest BCUT2D eigenvalue weighted by Gasteiger charge is -2.27. The predicted octanol–water partition coefficient (Wildman–Crippen LogP) is 4.42. The second-order valence-electron chi connectivity index (χ2n) is 12.9. The van der Waals surface area contributed by atoms with Gasteiger partial charge in [0.15, 0.2) is 11.6 Å². The smallest absolute Gasteiger partial charge is 0.258 e. The highest BCUT2D eigenvalue weighted by atomic mass is 35.5. The summed E-state index contributed by atoms with van der Waals surface area (Å²) >= 11 is 7.21. The highest BCUT2D eigenvalue weighted by molar-refractivity contribution is 7.17. The minimum Gasteiger partial charge on any atom is -0.497 e. The first-order chi connectivity index (χ1) is 23.8. The fourth-order valence-electron chi connectivity index (χ4n) is 5.48. The fourth-order valence-corrected chi connectivity index (χ4v) is 6.52. The lowest BCUT2D eigenvalue weighted by Crippen LogP contribution is -2.57. The second-order valence-corrected chi connectivity index (χ2v) is 14.4. The van der Waals surface area contributed by atoms with Gasteiger partial charge in [-0.1, -0.05) is 51.4 Å². The largest absolute Gasteiger partial charge is 0.497 e. The summed E-state index contributed by atoms with van der Waals surface area (Å²) in [4.78, 5) is 71.8. The monoisotopic (exact) mass is 725 g/mol. The van der Waals surface area contributed by atoms with Gasteiger partial charge in [-0.05, 0) is 73.1 Å². The molecule has 0 radical (unpaired) electrons. The molecular formula is C36H44ClN5O7S. The average Bonchev–Trinajstić information content (AvgIpc) is 3.74. The van der Waals surface area contributed by atoms with Crippen molar-refractivity contribution >= 4 is 52.3 Å². The number of carbonyl (C=O) groups excluding carboxylic acids is 5. The number of hydrogen-bond donors (Lipinski definition) is 4. The SMILES string of the molecule is COc1ccc(OCC(=O)N[C@@H](C(=O)N[C@H](CC(C)C)C(=O)N[C@H](C[C@H]2CCNC2=O)C(=O)c2ncc(-c3ccc(Cl)cc3)s2)C(C)C)cc1. The highest BCUT2D eigenvalue weighted by Gasteiger charge is 2.36. The Hall–Kier alpha value is -4.49. The molecule has 0 unspecified atom stereocenters. The van der Waals surface area contributed by atoms with Crippen LogP contribution in [-0.4, -0.2) is 72.8 Å². The molecule has 12 nitrogen and oxygen atoms in total. The number of amides is 4. The van der Waals surface area contributed by atoms with Gasteiger partial charge >= 0.3 is 0 Å². The molecule has 0 saturated carbocycles. The number of nitrogens with zero attached hydrogens (tertiary/aromatic N) is 1. The van der Waals surface area contributed by atoms with Crippen molar-refractivity contribution in [1.82, 2.24) is 26.3 Å². The Balaban J connectivity index is 1.47. The molecule has 4 atom stereocenters. The van der Waals surface area contributed by atoms with Crippen LogP contribution in [0.1, 0.15) is 56.8 Å². The number of thiazole rings is 1. The minimum absolute atomic E-state index is 0.00769. The predicted molar refractivity (Wildman–Crippen MR) is 191 cm³/mol. The first kappa shape index (κ1) is 38.3. The molecule has 14 heteroatoms. The maximum absolute atomic E-state index is 13.9. The number of aromatic nitrogens is 1. The van der Waals surface area contributed by atoms with E-state index in [0.717, 1.165) is 10.4 Å². The van der Waals surface area contributed by atoms with Crippen LogP contribution in [0, 0.1) is 17.8 Å². The molecule has 2 heterocycles. The van der Waals surface area contributed by atoms with Gasteiger partial charge in [-0.15, -0.1) is 11.3 Å². The Morgan fingerprint density at radius 2 is 1.60 bits per heavy atom. The van der Waals surface area contributed by atoms with E-state index < -0.39 is 47.5 Å². The average molecular weight is 726 g/mol. The molecule has 1 fully saturated rings. The highest BCUT2D eigenvalue weighted by Crippen LogP contribution is 2.29. The van der Waals surface area contributed by atoms with Crippen molar-refractivity contribution in [3.05, 3.63) is 64.8 Å². The number of rotatable bonds is 17. The molecule has 1 saturated heterocycles. The quantitative estimate of drug-likeness (QED) is 0.149. The summed E-state index contributed by atoms with van der Waals surface area (Å²) < 4.78 is 10.7. The van der Waals surface area contributed by atoms with Crippen molar-refractivity contribution in [3.8, 4) is 21.9 Å². The Morgan fingerprint density at radius 3 is 2.20 bits per heavy atom. The summed E-state index contributed by atoms with van der Waals surface area (Å²) in [7, 11) is 1.55. The Morgan fingerprint density at radius 1 is 0.940 bits per heavy atom. The molecule has 4 N–H and O–H groups in total. The maximum atomic E-state index is 13.9. The third kappa shape index (κ3) is 10.8. The Bertz CT molecular complexity index is 1640. The fraction of sp³-hybridized carbons (Fsp3) is 0.444. The lowest BCUT2D eigenvalue weighted by molar-refractivity contribution is -0.134. The van der Waals surface area contributed by atoms with Crippen molar-refractivity contribution in [2.24, 2.45) is 17.8 Å². The molecule has 1 aliphatic heterocycles. The molecule has 2 aromatic carbocycles. The van der Waals surface area contributed by atoms with Crippen molar-refractivity contribution in [2.75, 3.05) is 20.3 Å². The molecule has 1 aromatic heterocycles. The normalized spacial score (nSPS) is 15.9. The van der Waals surface area contributed by atoms with Gasteiger partial charge in [-0.25, -0.2) is 4.98 Å². The van der Waals surface area contributed by atoms with Crippen LogP contribution in [0.3, 0.4) is 0 Å². The molecule has 50 heavy (non-hydrogen) atoms. The number of ether oxygens (including phenoxy) is 2. The van der Waals surface area contributed by atoms with E-state index in [4.69, 9.17) is 21.1 Å². The van der Waals surface area contributed by atoms with E-state index >= 15 is 0 Å². The molecular weight excluding hydrogens is 682 g/mol. The number of Topliss-reactive ketones (excluding diaryl/α,β-unsaturated/α-hetero) is 1. The Labute approximate surface area is 301 Å². The summed E-state index contributed by atoms with van der Waals surface area (Å²) in [5.41, 5.74) is 0.834. The number of hydrogen-bond acceptors (Lipinski definition) is 9. The van der Waals surface area contributed by atoms with Crippen molar-refractivity contribution in [1.29, 1.82) is 0 Å². The topological polar surface area (TPSA) is 165 Å². The maximum Gasteiger partial charge on any atom is 0.258 e. The summed E-state index contributed by atoms with van der Waals surface area (Å²) in [5.74, 6) is -1.95. The molecule has 268 valence electrons. The van der Waals surface area contributed by atoms with Gasteiger partial charge in [0.25, 0.3) is 5.91 Å². The Kier molecular flexibility index (Phi) is 13.8. The van der Waals surface area contributed by atoms with Gasteiger partial charge in [0, 0.05) is 23.7 Å². The van der Waals surface area contributed by atoms with Gasteiger partial charge < -0.3 is 30.7 Å². The number of halogens is 1. The number of ketones is 1. The standard InChI is InChI=1S/C36H44ClN5O7S/c1-20(2)16-28(41-35(47)31(21(3)4)42-30(43)19-49-26-12-10-25(48-5)11-13-26)34(46)40-27(17-23-14-15-38-33(23)45)32(44)36-39-18-29(50-36)22-6-8-24(37)9-7-22/h6-13,18,20-21,23,27-28,31H,14-17,19H2,1-5H3,(H,38,45)(H,40,46)(H,41,47)(H,42,43)/t23-,27-,28-,31-/m1/s1. The van der Waals surface area contributed by atoms with Crippen LogP contribution < -0.4 is 30.7 Å². The van der Waals surface area contributed by atoms with Gasteiger partial charge in [-0.2, -0.15) is 0 Å². The van der Waals surface area contributed by atoms with E-state index in [1.807, 2.05) is 26.0 Å². The molecule has 3 aromatic rings. The van der Waals surface area contributed by atoms with Crippen LogP contribution in [0.15, 0.2) is 54.7 Å². The van der Waals surface area contributed by atoms with Crippen LogP contribution in [0.4, 0.5) is 0 Å². The van der Waals surface area contributed by atoms with Crippen LogP contribution in [0.25, 0.3) is 10.4 Å². The van der Waals surface area contributed by atoms with Gasteiger partial charge in [0.05, 0.1) is 18.0 Å². The summed E-state index contributed by atoms with van der Waals surface area (Å²) in [6, 6.07) is 10.8. The van der Waals surface area contributed by atoms with E-state index in [1.165, 1.54) is 11.3 Å². The van der Waals surface area contributed by atoms with E-state index in [9.17, 15) is 24.0 Å². The van der Waals surface area contributed by atoms with E-state index in [0.29, 0.717) is 29.5 Å². The molecule has 0 aliphatic carbocycles. The van der Waals surface area contributed by atoms with Gasteiger partial charge in [-0.3, -0.25) is 24.0 Å². The van der Waals surface area contributed by atoms with Crippen molar-refractivity contribution < 1.29 is 33.4 Å². The molecule has 0 spiro atoms. The zero-order valence-electron chi connectivity index (χ0n) is 28.8. The number of methoxy groups -OCH3 is 1. The summed E-state index contributed by atoms with van der Waals surface area (Å²) in [6.07, 6.45) is 2.45. The van der Waals surface area contributed by atoms with E-state index in [-0.39, 0.29) is 42.2 Å². The van der Waals surface area contributed by atoms with Crippen LogP contribution in [0.2, 0.25) is 5.02 Å². The number of carbonyl (C=O) groups is 5. The molecule has 1 aliphatic rings. The third-order valence-electron chi connectivity index (χ3n) is 8.20. The van der Waals surface area contributed by atoms with E-state index in [2.05, 4.69) is 26.3 Å². The van der Waals surface area contributed by atoms with Crippen molar-refractivity contribution in [2.45, 2.75) is 65.1 Å².